The van der Waals surface area contributed by atoms with Gasteiger partial charge in [0.1, 0.15) is 0 Å². The molecule has 0 bridgehead atoms. The third-order valence-electron chi connectivity index (χ3n) is 0.639. The fraction of sp³-hybridized carbons (Fsp3) is 1.00. The summed E-state index contributed by atoms with van der Waals surface area (Å²) in [6.45, 7) is 0. The summed E-state index contributed by atoms with van der Waals surface area (Å²) in [5, 5.41) is 2.92. The Kier molecular flexibility index (Phi) is 3.72. The van der Waals surface area contributed by atoms with Crippen LogP contribution in [-0.2, 0) is 9.68 Å². The molecular formula is C4H12N2O2. The second-order valence-electron chi connectivity index (χ2n) is 1.45. The summed E-state index contributed by atoms with van der Waals surface area (Å²) in [6, 6.07) is 0. The van der Waals surface area contributed by atoms with Gasteiger partial charge in [-0.25, -0.2) is 0 Å². The lowest BCUT2D eigenvalue weighted by atomic mass is 11.2. The van der Waals surface area contributed by atoms with Crippen molar-refractivity contribution in [3.8, 4) is 0 Å². The van der Waals surface area contributed by atoms with Crippen molar-refractivity contribution in [1.29, 1.82) is 0 Å². The molecule has 0 N–H and O–H groups in total. The molecule has 8 heavy (non-hydrogen) atoms. The molecule has 0 aliphatic heterocycles. The molecule has 0 unspecified atom stereocenters. The van der Waals surface area contributed by atoms with E-state index in [4.69, 9.17) is 9.68 Å². The lowest BCUT2D eigenvalue weighted by molar-refractivity contribution is -0.431. The highest BCUT2D eigenvalue weighted by atomic mass is 17.0. The molecule has 0 aliphatic rings. The molecule has 0 amide bonds. The van der Waals surface area contributed by atoms with Crippen LogP contribution in [0.5, 0.6) is 0 Å². The Hall–Kier alpha value is -0.160. The predicted octanol–water partition coefficient (Wildman–Crippen LogP) is -0.112. The van der Waals surface area contributed by atoms with Crippen LogP contribution in [0, 0.1) is 0 Å². The lowest BCUT2D eigenvalue weighted by Crippen LogP contribution is -2.34. The van der Waals surface area contributed by atoms with Crippen molar-refractivity contribution in [2.75, 3.05) is 28.3 Å². The molecule has 0 aromatic rings. The van der Waals surface area contributed by atoms with E-state index in [1.807, 2.05) is 14.1 Å². The van der Waals surface area contributed by atoms with Gasteiger partial charge in [-0.05, 0) is 0 Å². The summed E-state index contributed by atoms with van der Waals surface area (Å²) in [5.74, 6) is 0. The summed E-state index contributed by atoms with van der Waals surface area (Å²) in [4.78, 5) is 9.40. The van der Waals surface area contributed by atoms with Crippen LogP contribution in [0.2, 0.25) is 0 Å². The average molecular weight is 120 g/mol. The molecule has 0 aliphatic carbocycles. The third kappa shape index (κ3) is 2.23. The fourth-order valence-corrected chi connectivity index (χ4v) is 0.401. The van der Waals surface area contributed by atoms with Crippen LogP contribution in [0.3, 0.4) is 0 Å². The Bertz CT molecular complexity index is 54.0. The van der Waals surface area contributed by atoms with Crippen molar-refractivity contribution in [1.82, 2.24) is 10.3 Å². The van der Waals surface area contributed by atoms with Gasteiger partial charge in [-0.2, -0.15) is 5.01 Å². The molecule has 0 aromatic carbocycles. The van der Waals surface area contributed by atoms with Gasteiger partial charge in [-0.15, -0.1) is 0 Å². The van der Waals surface area contributed by atoms with E-state index in [2.05, 4.69) is 0 Å². The quantitative estimate of drug-likeness (QED) is 0.485. The first-order valence-corrected chi connectivity index (χ1v) is 2.28. The van der Waals surface area contributed by atoms with Crippen molar-refractivity contribution in [3.63, 3.8) is 0 Å². The van der Waals surface area contributed by atoms with Gasteiger partial charge in [0.05, 0.1) is 14.2 Å². The zero-order valence-corrected chi connectivity index (χ0v) is 5.71. The van der Waals surface area contributed by atoms with Crippen LogP contribution in [0.1, 0.15) is 0 Å². The Morgan fingerprint density at radius 1 is 1.00 bits per heavy atom. The van der Waals surface area contributed by atoms with Crippen molar-refractivity contribution in [2.24, 2.45) is 0 Å². The molecule has 0 heterocycles. The van der Waals surface area contributed by atoms with Gasteiger partial charge in [-0.3, -0.25) is 9.68 Å². The summed E-state index contributed by atoms with van der Waals surface area (Å²) in [6.07, 6.45) is 0. The molecule has 0 atom stereocenters. The summed E-state index contributed by atoms with van der Waals surface area (Å²) in [5.41, 5.74) is 0. The number of hydrogen-bond donors (Lipinski definition) is 0. The van der Waals surface area contributed by atoms with E-state index < -0.39 is 0 Å². The Morgan fingerprint density at radius 3 is 1.38 bits per heavy atom. The molecule has 0 spiro atoms. The highest BCUT2D eigenvalue weighted by Gasteiger charge is 2.00. The van der Waals surface area contributed by atoms with Crippen LogP contribution in [-0.4, -0.2) is 38.7 Å². The van der Waals surface area contributed by atoms with Gasteiger partial charge in [0.15, 0.2) is 0 Å². The van der Waals surface area contributed by atoms with E-state index in [0.29, 0.717) is 0 Å². The molecule has 0 radical (unpaired) electrons. The number of hydrazine groups is 1. The van der Waals surface area contributed by atoms with Gasteiger partial charge < -0.3 is 0 Å². The zero-order chi connectivity index (χ0) is 6.57. The van der Waals surface area contributed by atoms with Crippen molar-refractivity contribution in [3.05, 3.63) is 0 Å². The van der Waals surface area contributed by atoms with Crippen LogP contribution < -0.4 is 0 Å². The topological polar surface area (TPSA) is 24.9 Å². The molecule has 0 saturated carbocycles. The molecule has 0 rings (SSSR count). The first-order valence-electron chi connectivity index (χ1n) is 2.28. The molecule has 4 nitrogen and oxygen atoms in total. The maximum atomic E-state index is 4.70. The Morgan fingerprint density at radius 2 is 1.38 bits per heavy atom. The maximum absolute atomic E-state index is 4.70. The first kappa shape index (κ1) is 7.84. The molecule has 50 valence electrons. The average Bonchev–Trinajstić information content (AvgIpc) is 1.69. The summed E-state index contributed by atoms with van der Waals surface area (Å²) < 4.78 is 0. The Balaban J connectivity index is 3.35. The van der Waals surface area contributed by atoms with E-state index in [0.717, 1.165) is 0 Å². The largest absolute Gasteiger partial charge is 0.264 e. The third-order valence-corrected chi connectivity index (χ3v) is 0.639. The van der Waals surface area contributed by atoms with Gasteiger partial charge in [0, 0.05) is 19.4 Å². The number of hydrogen-bond acceptors (Lipinski definition) is 4. The minimum Gasteiger partial charge on any atom is -0.264 e. The van der Waals surface area contributed by atoms with E-state index >= 15 is 0 Å². The van der Waals surface area contributed by atoms with Crippen molar-refractivity contribution in [2.45, 2.75) is 0 Å². The van der Waals surface area contributed by atoms with Gasteiger partial charge in [0.25, 0.3) is 0 Å². The van der Waals surface area contributed by atoms with E-state index in [9.17, 15) is 0 Å². The highest BCUT2D eigenvalue weighted by molar-refractivity contribution is 4.09. The SMILES string of the molecule is CON(OC)N(C)C. The van der Waals surface area contributed by atoms with E-state index in [1.54, 1.807) is 5.01 Å². The van der Waals surface area contributed by atoms with Gasteiger partial charge >= 0.3 is 0 Å². The first-order chi connectivity index (χ1) is 3.72. The smallest absolute Gasteiger partial charge is 0.0616 e. The van der Waals surface area contributed by atoms with Gasteiger partial charge in [0.2, 0.25) is 0 Å². The minimum absolute atomic E-state index is 1.25. The lowest BCUT2D eigenvalue weighted by Gasteiger charge is -2.21. The molecule has 0 saturated heterocycles. The second kappa shape index (κ2) is 3.80. The van der Waals surface area contributed by atoms with Crippen molar-refractivity contribution < 1.29 is 9.68 Å². The second-order valence-corrected chi connectivity index (χ2v) is 1.45. The van der Waals surface area contributed by atoms with Gasteiger partial charge in [-0.1, -0.05) is 0 Å². The fourth-order valence-electron chi connectivity index (χ4n) is 0.401. The zero-order valence-electron chi connectivity index (χ0n) is 5.71. The molecule has 0 fully saturated rings. The molecule has 4 heteroatoms. The predicted molar refractivity (Wildman–Crippen MR) is 29.5 cm³/mol. The van der Waals surface area contributed by atoms with Crippen LogP contribution in [0.4, 0.5) is 0 Å². The van der Waals surface area contributed by atoms with E-state index in [1.165, 1.54) is 19.6 Å². The number of nitrogens with zero attached hydrogens (tertiary/aromatic N) is 2. The standard InChI is InChI=1S/C4H12N2O2/c1-5(2)6(7-3)8-4/h1-4H3. The van der Waals surface area contributed by atoms with Crippen LogP contribution >= 0.6 is 0 Å². The normalized spacial score (nSPS) is 11.2. The molecule has 0 aromatic heterocycles. The number of rotatable bonds is 3. The maximum Gasteiger partial charge on any atom is 0.0616 e. The van der Waals surface area contributed by atoms with E-state index in [-0.39, 0.29) is 0 Å². The van der Waals surface area contributed by atoms with Crippen molar-refractivity contribution >= 4 is 0 Å². The van der Waals surface area contributed by atoms with Crippen LogP contribution in [0.25, 0.3) is 0 Å². The Labute approximate surface area is 49.5 Å². The summed E-state index contributed by atoms with van der Waals surface area (Å²) >= 11 is 0. The highest BCUT2D eigenvalue weighted by Crippen LogP contribution is 1.87. The minimum atomic E-state index is 1.25. The monoisotopic (exact) mass is 120 g/mol. The van der Waals surface area contributed by atoms with Crippen LogP contribution in [0.15, 0.2) is 0 Å². The molecular weight excluding hydrogens is 108 g/mol. The summed E-state index contributed by atoms with van der Waals surface area (Å²) in [7, 11) is 6.69.